The van der Waals surface area contributed by atoms with Crippen LogP contribution in [0.2, 0.25) is 0 Å². The Morgan fingerprint density at radius 1 is 1.26 bits per heavy atom. The molecule has 2 aromatic rings. The van der Waals surface area contributed by atoms with E-state index in [1.165, 1.54) is 18.2 Å². The number of carbonyl (C=O) groups is 2. The summed E-state index contributed by atoms with van der Waals surface area (Å²) in [7, 11) is -4.06. The van der Waals surface area contributed by atoms with Gasteiger partial charge in [-0.15, -0.1) is 0 Å². The second kappa shape index (κ2) is 12.4. The van der Waals surface area contributed by atoms with Crippen molar-refractivity contribution in [3.63, 3.8) is 0 Å². The molecule has 0 radical (unpaired) electrons. The number of anilines is 1. The average Bonchev–Trinajstić information content (AvgIpc) is 2.80. The maximum atomic E-state index is 13.0. The number of nitriles is 1. The number of aromatic nitrogens is 1. The van der Waals surface area contributed by atoms with Crippen LogP contribution in [0, 0.1) is 30.0 Å². The number of sulfonamides is 1. The number of nitrogens with zero attached hydrogens (tertiary/aromatic N) is 4. The van der Waals surface area contributed by atoms with E-state index in [-0.39, 0.29) is 47.3 Å². The van der Waals surface area contributed by atoms with Crippen LogP contribution in [0.3, 0.4) is 0 Å². The molecule has 3 rings (SSSR count). The fourth-order valence-electron chi connectivity index (χ4n) is 3.70. The molecule has 12 heteroatoms. The van der Waals surface area contributed by atoms with Crippen molar-refractivity contribution in [2.24, 2.45) is 5.92 Å². The number of hydrogen-bond acceptors (Lipinski definition) is 8. The minimum atomic E-state index is -4.06. The summed E-state index contributed by atoms with van der Waals surface area (Å²) in [5, 5.41) is 9.55. The van der Waals surface area contributed by atoms with Crippen LogP contribution < -0.4 is 34.5 Å². The van der Waals surface area contributed by atoms with E-state index in [9.17, 15) is 27.7 Å². The molecule has 0 spiro atoms. The Morgan fingerprint density at radius 2 is 1.89 bits per heavy atom. The van der Waals surface area contributed by atoms with Crippen LogP contribution in [-0.4, -0.2) is 45.0 Å². The van der Waals surface area contributed by atoms with Gasteiger partial charge in [-0.05, 0) is 50.5 Å². The molecule has 1 aromatic carbocycles. The van der Waals surface area contributed by atoms with Gasteiger partial charge in [0.05, 0.1) is 45.1 Å². The fraction of sp³-hybridized carbons (Fsp3) is 0.391. The van der Waals surface area contributed by atoms with Gasteiger partial charge in [-0.2, -0.15) is 5.26 Å². The zero-order valence-corrected chi connectivity index (χ0v) is 22.6. The van der Waals surface area contributed by atoms with Crippen molar-refractivity contribution in [1.82, 2.24) is 4.98 Å². The Labute approximate surface area is 226 Å². The van der Waals surface area contributed by atoms with Crippen molar-refractivity contribution in [3.8, 4) is 6.07 Å². The molecule has 1 fully saturated rings. The number of rotatable bonds is 7. The SMILES string of the molecule is CCOC(=O)c1cc(C#N)c(N2CCC(C(=O)[N-]S(=O)(=O)Cc3ccc(F)cc3)CC2)nc1C.[Na+]. The number of benzene rings is 1. The van der Waals surface area contributed by atoms with Gasteiger partial charge >= 0.3 is 35.5 Å². The summed E-state index contributed by atoms with van der Waals surface area (Å²) in [6, 6.07) is 8.46. The normalized spacial score (nSPS) is 13.9. The van der Waals surface area contributed by atoms with Crippen molar-refractivity contribution in [1.29, 1.82) is 5.26 Å². The Kier molecular flexibility index (Phi) is 10.2. The number of aryl methyl sites for hydroxylation is 1. The largest absolute Gasteiger partial charge is 1.00 e. The molecule has 0 atom stereocenters. The van der Waals surface area contributed by atoms with Crippen LogP contribution in [0.5, 0.6) is 0 Å². The van der Waals surface area contributed by atoms with E-state index in [0.29, 0.717) is 43.0 Å². The third-order valence-electron chi connectivity index (χ3n) is 5.44. The van der Waals surface area contributed by atoms with Crippen LogP contribution in [0.25, 0.3) is 4.72 Å². The molecular formula is C23H24FN4NaO5S. The third kappa shape index (κ3) is 7.48. The summed E-state index contributed by atoms with van der Waals surface area (Å²) in [6.07, 6.45) is 0.666. The molecule has 0 N–H and O–H groups in total. The second-order valence-corrected chi connectivity index (χ2v) is 9.50. The van der Waals surface area contributed by atoms with E-state index >= 15 is 0 Å². The molecule has 1 aromatic heterocycles. The summed E-state index contributed by atoms with van der Waals surface area (Å²) in [5.74, 6) is -2.42. The smallest absolute Gasteiger partial charge is 0.545 e. The van der Waals surface area contributed by atoms with Crippen molar-refractivity contribution >= 4 is 27.7 Å². The van der Waals surface area contributed by atoms with Gasteiger partial charge in [0.2, 0.25) is 0 Å². The predicted molar refractivity (Wildman–Crippen MR) is 122 cm³/mol. The standard InChI is InChI=1S/C23H25FN4O5S.Na/c1-3-33-23(30)20-12-18(13-25)21(26-15(20)2)28-10-8-17(9-11-28)22(29)27-34(31,32)14-16-4-6-19(24)7-5-16;/h4-7,12,17H,3,8-11,14H2,1-2H3,(H,27,29);/q;+1/p-1. The Bertz CT molecular complexity index is 1220. The number of piperidine rings is 1. The average molecular weight is 511 g/mol. The molecule has 1 amide bonds. The van der Waals surface area contributed by atoms with Gasteiger partial charge < -0.3 is 19.2 Å². The van der Waals surface area contributed by atoms with Crippen molar-refractivity contribution in [2.45, 2.75) is 32.4 Å². The minimum Gasteiger partial charge on any atom is -0.545 e. The Hall–Kier alpha value is -2.52. The van der Waals surface area contributed by atoms with Crippen molar-refractivity contribution < 1.29 is 56.7 Å². The van der Waals surface area contributed by atoms with Gasteiger partial charge in [-0.1, -0.05) is 12.1 Å². The number of pyridine rings is 1. The fourth-order valence-corrected chi connectivity index (χ4v) is 4.81. The van der Waals surface area contributed by atoms with Gasteiger partial charge in [-0.25, -0.2) is 22.6 Å². The van der Waals surface area contributed by atoms with E-state index in [1.807, 2.05) is 11.0 Å². The maximum Gasteiger partial charge on any atom is 1.00 e. The number of amides is 1. The van der Waals surface area contributed by atoms with Gasteiger partial charge in [-0.3, -0.25) is 0 Å². The number of halogens is 1. The predicted octanol–water partition coefficient (Wildman–Crippen LogP) is 0.228. The molecule has 0 saturated carbocycles. The number of carbonyl (C=O) groups excluding carboxylic acids is 2. The summed E-state index contributed by atoms with van der Waals surface area (Å²) in [5.41, 5.74) is 1.19. The number of hydrogen-bond donors (Lipinski definition) is 0. The quantitative estimate of drug-likeness (QED) is 0.382. The summed E-state index contributed by atoms with van der Waals surface area (Å²) in [6.45, 7) is 4.27. The molecular weight excluding hydrogens is 486 g/mol. The zero-order chi connectivity index (χ0) is 24.9. The summed E-state index contributed by atoms with van der Waals surface area (Å²) < 4.78 is 46.1. The van der Waals surface area contributed by atoms with Crippen molar-refractivity contribution in [2.75, 3.05) is 24.6 Å². The molecule has 1 saturated heterocycles. The van der Waals surface area contributed by atoms with Crippen LogP contribution in [0.4, 0.5) is 10.2 Å². The molecule has 9 nitrogen and oxygen atoms in total. The molecule has 0 unspecified atom stereocenters. The van der Waals surface area contributed by atoms with Gasteiger partial charge in [0.1, 0.15) is 17.7 Å². The van der Waals surface area contributed by atoms with E-state index in [2.05, 4.69) is 9.71 Å². The van der Waals surface area contributed by atoms with Crippen molar-refractivity contribution in [3.05, 3.63) is 63.3 Å². The van der Waals surface area contributed by atoms with Gasteiger partial charge in [0.25, 0.3) is 0 Å². The number of ether oxygens (including phenoxy) is 1. The first-order chi connectivity index (χ1) is 16.1. The summed E-state index contributed by atoms with van der Waals surface area (Å²) in [4.78, 5) is 30.9. The van der Waals surface area contributed by atoms with E-state index in [4.69, 9.17) is 4.74 Å². The zero-order valence-electron chi connectivity index (χ0n) is 19.8. The molecule has 2 heterocycles. The first kappa shape index (κ1) is 28.7. The Morgan fingerprint density at radius 3 is 2.46 bits per heavy atom. The van der Waals surface area contributed by atoms with Crippen LogP contribution in [0.1, 0.15) is 46.9 Å². The minimum absolute atomic E-state index is 0. The Balaban J connectivity index is 0.00000432. The van der Waals surface area contributed by atoms with E-state index in [1.54, 1.807) is 13.8 Å². The first-order valence-corrected chi connectivity index (χ1v) is 12.3. The third-order valence-corrected chi connectivity index (χ3v) is 6.60. The van der Waals surface area contributed by atoms with E-state index < -0.39 is 39.4 Å². The number of esters is 1. The second-order valence-electron chi connectivity index (χ2n) is 7.87. The van der Waals surface area contributed by atoms with Crippen LogP contribution in [0.15, 0.2) is 30.3 Å². The molecule has 35 heavy (non-hydrogen) atoms. The first-order valence-electron chi connectivity index (χ1n) is 10.7. The topological polar surface area (TPSA) is 132 Å². The van der Waals surface area contributed by atoms with Crippen LogP contribution in [-0.2, 0) is 25.3 Å². The molecule has 1 aliphatic rings. The van der Waals surface area contributed by atoms with Crippen LogP contribution >= 0.6 is 0 Å². The molecule has 1 aliphatic heterocycles. The van der Waals surface area contributed by atoms with Gasteiger partial charge in [0, 0.05) is 19.0 Å². The van der Waals surface area contributed by atoms with E-state index in [0.717, 1.165) is 12.1 Å². The van der Waals surface area contributed by atoms with Gasteiger partial charge in [0.15, 0.2) is 0 Å². The monoisotopic (exact) mass is 510 g/mol. The molecule has 0 aliphatic carbocycles. The summed E-state index contributed by atoms with van der Waals surface area (Å²) >= 11 is 0. The molecule has 0 bridgehead atoms. The molecule has 180 valence electrons. The maximum absolute atomic E-state index is 13.0.